The molecule has 120 valence electrons. The lowest BCUT2D eigenvalue weighted by Gasteiger charge is -2.28. The van der Waals surface area contributed by atoms with Crippen LogP contribution in [0.1, 0.15) is 67.2 Å². The van der Waals surface area contributed by atoms with Crippen molar-refractivity contribution >= 4 is 0 Å². The van der Waals surface area contributed by atoms with Crippen LogP contribution < -0.4 is 0 Å². The lowest BCUT2D eigenvalue weighted by Crippen LogP contribution is -2.12. The van der Waals surface area contributed by atoms with Gasteiger partial charge >= 0.3 is 0 Å². The van der Waals surface area contributed by atoms with Gasteiger partial charge in [0.2, 0.25) is 0 Å². The van der Waals surface area contributed by atoms with Crippen molar-refractivity contribution in [3.63, 3.8) is 0 Å². The average Bonchev–Trinajstić information content (AvgIpc) is 2.67. The van der Waals surface area contributed by atoms with E-state index in [1.54, 1.807) is 12.1 Å². The quantitative estimate of drug-likeness (QED) is 0.658. The first-order valence-corrected chi connectivity index (χ1v) is 8.90. The third kappa shape index (κ3) is 4.06. The van der Waals surface area contributed by atoms with Gasteiger partial charge in [-0.05, 0) is 79.5 Å². The van der Waals surface area contributed by atoms with Gasteiger partial charge in [-0.1, -0.05) is 37.3 Å². The van der Waals surface area contributed by atoms with Gasteiger partial charge in [-0.15, -0.1) is 0 Å². The zero-order chi connectivity index (χ0) is 16.8. The molecule has 0 N–H and O–H groups in total. The normalized spacial score (nSPS) is 19.8. The highest BCUT2D eigenvalue weighted by Crippen LogP contribution is 2.36. The van der Waals surface area contributed by atoms with Crippen LogP contribution in [-0.4, -0.2) is 0 Å². The molecule has 1 aliphatic carbocycles. The third-order valence-corrected chi connectivity index (χ3v) is 5.17. The van der Waals surface area contributed by atoms with Crippen LogP contribution in [0.15, 0.2) is 48.5 Å². The molecule has 0 unspecified atom stereocenters. The fraction of sp³-hybridized carbons (Fsp3) is 0.348. The number of nitrogens with zero attached hydrogens (tertiary/aromatic N) is 1. The van der Waals surface area contributed by atoms with Crippen molar-refractivity contribution in [2.75, 3.05) is 0 Å². The molecule has 1 aliphatic rings. The molecule has 2 aromatic rings. The maximum absolute atomic E-state index is 8.81. The molecule has 1 heteroatoms. The molecule has 1 nitrogen and oxygen atoms in total. The second-order valence-electron chi connectivity index (χ2n) is 6.69. The van der Waals surface area contributed by atoms with Crippen LogP contribution in [0.25, 0.3) is 0 Å². The molecule has 0 aliphatic heterocycles. The van der Waals surface area contributed by atoms with Gasteiger partial charge in [0.25, 0.3) is 0 Å². The Kier molecular flexibility index (Phi) is 5.35. The molecule has 24 heavy (non-hydrogen) atoms. The molecule has 1 saturated carbocycles. The Bertz CT molecular complexity index is 758. The van der Waals surface area contributed by atoms with Crippen molar-refractivity contribution in [1.82, 2.24) is 0 Å². The minimum Gasteiger partial charge on any atom is -0.192 e. The topological polar surface area (TPSA) is 23.8 Å². The number of hydrogen-bond acceptors (Lipinski definition) is 1. The second kappa shape index (κ2) is 7.85. The SMILES string of the molecule is CCC1CCC(c2ccc(C#Cc3ccc(C#N)cc3)cc2)CC1. The molecule has 2 aromatic carbocycles. The van der Waals surface area contributed by atoms with Crippen molar-refractivity contribution in [2.24, 2.45) is 5.92 Å². The Hall–Kier alpha value is -2.51. The van der Waals surface area contributed by atoms with E-state index >= 15 is 0 Å². The molecule has 3 rings (SSSR count). The van der Waals surface area contributed by atoms with Crippen LogP contribution in [0.2, 0.25) is 0 Å². The molecule has 0 spiro atoms. The first-order chi connectivity index (χ1) is 11.8. The highest BCUT2D eigenvalue weighted by Gasteiger charge is 2.20. The van der Waals surface area contributed by atoms with E-state index in [9.17, 15) is 0 Å². The molecule has 0 heterocycles. The van der Waals surface area contributed by atoms with Crippen LogP contribution in [0, 0.1) is 29.1 Å². The van der Waals surface area contributed by atoms with E-state index in [2.05, 4.69) is 49.1 Å². The molecule has 0 amide bonds. The minimum atomic E-state index is 0.669. The molecule has 0 bridgehead atoms. The summed E-state index contributed by atoms with van der Waals surface area (Å²) in [5.74, 6) is 8.05. The van der Waals surface area contributed by atoms with E-state index in [1.165, 1.54) is 37.7 Å². The standard InChI is InChI=1S/C23H23N/c1-2-18-9-13-22(14-10-18)23-15-11-20(12-16-23)4-3-19-5-7-21(17-24)8-6-19/h5-8,11-12,15-16,18,22H,2,9-10,13-14H2,1H3. The Morgan fingerprint density at radius 2 is 1.29 bits per heavy atom. The highest BCUT2D eigenvalue weighted by atomic mass is 14.3. The van der Waals surface area contributed by atoms with Gasteiger partial charge in [0, 0.05) is 11.1 Å². The fourth-order valence-electron chi connectivity index (χ4n) is 3.52. The summed E-state index contributed by atoms with van der Waals surface area (Å²) in [4.78, 5) is 0. The van der Waals surface area contributed by atoms with Gasteiger partial charge < -0.3 is 0 Å². The van der Waals surface area contributed by atoms with Gasteiger partial charge in [-0.2, -0.15) is 5.26 Å². The molecule has 0 radical (unpaired) electrons. The smallest absolute Gasteiger partial charge is 0.0991 e. The maximum Gasteiger partial charge on any atom is 0.0991 e. The number of benzene rings is 2. The summed E-state index contributed by atoms with van der Waals surface area (Å²) in [6.07, 6.45) is 6.74. The first kappa shape index (κ1) is 16.4. The summed E-state index contributed by atoms with van der Waals surface area (Å²) in [5.41, 5.74) is 4.12. The van der Waals surface area contributed by atoms with Crippen LogP contribution >= 0.6 is 0 Å². The van der Waals surface area contributed by atoms with E-state index in [1.807, 2.05) is 12.1 Å². The minimum absolute atomic E-state index is 0.669. The van der Waals surface area contributed by atoms with Gasteiger partial charge in [-0.25, -0.2) is 0 Å². The largest absolute Gasteiger partial charge is 0.192 e. The zero-order valence-corrected chi connectivity index (χ0v) is 14.3. The lowest BCUT2D eigenvalue weighted by atomic mass is 9.78. The predicted octanol–water partition coefficient (Wildman–Crippen LogP) is 5.64. The molecular weight excluding hydrogens is 290 g/mol. The summed E-state index contributed by atoms with van der Waals surface area (Å²) in [6, 6.07) is 18.3. The summed E-state index contributed by atoms with van der Waals surface area (Å²) in [7, 11) is 0. The van der Waals surface area contributed by atoms with E-state index in [0.29, 0.717) is 5.56 Å². The molecule has 1 fully saturated rings. The van der Waals surface area contributed by atoms with Crippen molar-refractivity contribution in [3.05, 3.63) is 70.8 Å². The predicted molar refractivity (Wildman–Crippen MR) is 98.6 cm³/mol. The fourth-order valence-corrected chi connectivity index (χ4v) is 3.52. The van der Waals surface area contributed by atoms with E-state index in [-0.39, 0.29) is 0 Å². The van der Waals surface area contributed by atoms with Crippen molar-refractivity contribution in [1.29, 1.82) is 5.26 Å². The summed E-state index contributed by atoms with van der Waals surface area (Å²) >= 11 is 0. The summed E-state index contributed by atoms with van der Waals surface area (Å²) in [6.45, 7) is 2.31. The number of rotatable bonds is 2. The Labute approximate surface area is 145 Å². The molecule has 0 saturated heterocycles. The average molecular weight is 313 g/mol. The Balaban J connectivity index is 1.65. The van der Waals surface area contributed by atoms with Crippen LogP contribution in [0.3, 0.4) is 0 Å². The number of hydrogen-bond donors (Lipinski definition) is 0. The Morgan fingerprint density at radius 3 is 1.79 bits per heavy atom. The van der Waals surface area contributed by atoms with Gasteiger partial charge in [0.15, 0.2) is 0 Å². The highest BCUT2D eigenvalue weighted by molar-refractivity contribution is 5.45. The first-order valence-electron chi connectivity index (χ1n) is 8.90. The van der Waals surface area contributed by atoms with Crippen molar-refractivity contribution in [2.45, 2.75) is 44.9 Å². The third-order valence-electron chi connectivity index (χ3n) is 5.17. The molecule has 0 aromatic heterocycles. The van der Waals surface area contributed by atoms with Crippen molar-refractivity contribution < 1.29 is 0 Å². The maximum atomic E-state index is 8.81. The van der Waals surface area contributed by atoms with E-state index < -0.39 is 0 Å². The van der Waals surface area contributed by atoms with Gasteiger partial charge in [0.1, 0.15) is 0 Å². The zero-order valence-electron chi connectivity index (χ0n) is 14.3. The monoisotopic (exact) mass is 313 g/mol. The molecule has 0 atom stereocenters. The summed E-state index contributed by atoms with van der Waals surface area (Å²) < 4.78 is 0. The van der Waals surface area contributed by atoms with Gasteiger partial charge in [-0.3, -0.25) is 0 Å². The van der Waals surface area contributed by atoms with E-state index in [0.717, 1.165) is 23.0 Å². The van der Waals surface area contributed by atoms with Crippen LogP contribution in [0.5, 0.6) is 0 Å². The van der Waals surface area contributed by atoms with Gasteiger partial charge in [0.05, 0.1) is 11.6 Å². The van der Waals surface area contributed by atoms with Crippen molar-refractivity contribution in [3.8, 4) is 17.9 Å². The van der Waals surface area contributed by atoms with Crippen LogP contribution in [0.4, 0.5) is 0 Å². The van der Waals surface area contributed by atoms with Crippen LogP contribution in [-0.2, 0) is 0 Å². The molecular formula is C23H23N. The lowest BCUT2D eigenvalue weighted by molar-refractivity contribution is 0.319. The summed E-state index contributed by atoms with van der Waals surface area (Å²) in [5, 5.41) is 8.81. The van der Waals surface area contributed by atoms with E-state index in [4.69, 9.17) is 5.26 Å². The second-order valence-corrected chi connectivity index (χ2v) is 6.69. The Morgan fingerprint density at radius 1 is 0.792 bits per heavy atom. The number of nitriles is 1.